The van der Waals surface area contributed by atoms with Crippen molar-refractivity contribution in [3.63, 3.8) is 0 Å². The molecule has 0 unspecified atom stereocenters. The monoisotopic (exact) mass is 453 g/mol. The van der Waals surface area contributed by atoms with Gasteiger partial charge in [-0.25, -0.2) is 8.78 Å². The zero-order valence-electron chi connectivity index (χ0n) is 16.4. The maximum absolute atomic E-state index is 14.8. The number of halogens is 2. The Balaban J connectivity index is 1.79. The Kier molecular flexibility index (Phi) is 6.20. The van der Waals surface area contributed by atoms with Crippen molar-refractivity contribution in [3.05, 3.63) is 54.2 Å². The molecule has 0 aliphatic carbocycles. The highest BCUT2D eigenvalue weighted by Crippen LogP contribution is 2.41. The van der Waals surface area contributed by atoms with Crippen molar-refractivity contribution in [2.75, 3.05) is 13.7 Å². The van der Waals surface area contributed by atoms with Crippen LogP contribution in [0.1, 0.15) is 6.23 Å². The molecule has 2 heterocycles. The molecule has 0 spiro atoms. The lowest BCUT2D eigenvalue weighted by Gasteiger charge is -2.40. The Labute approximate surface area is 180 Å². The molecule has 0 amide bonds. The van der Waals surface area contributed by atoms with Gasteiger partial charge in [-0.05, 0) is 24.3 Å². The van der Waals surface area contributed by atoms with Gasteiger partial charge < -0.3 is 34.5 Å². The number of aliphatic hydroxyl groups excluding tert-OH is 4. The highest BCUT2D eigenvalue weighted by Gasteiger charge is 2.44. The Morgan fingerprint density at radius 3 is 2.48 bits per heavy atom. The van der Waals surface area contributed by atoms with Crippen molar-refractivity contribution in [1.29, 1.82) is 0 Å². The van der Waals surface area contributed by atoms with E-state index in [1.807, 2.05) is 0 Å². The minimum absolute atomic E-state index is 0.180. The van der Waals surface area contributed by atoms with Crippen molar-refractivity contribution in [2.24, 2.45) is 0 Å². The third-order valence-electron chi connectivity index (χ3n) is 5.27. The van der Waals surface area contributed by atoms with Crippen molar-refractivity contribution < 1.29 is 38.7 Å². The van der Waals surface area contributed by atoms with Crippen LogP contribution in [0.5, 0.6) is 5.75 Å². The van der Waals surface area contributed by atoms with Gasteiger partial charge in [-0.1, -0.05) is 17.8 Å². The largest absolute Gasteiger partial charge is 0.497 e. The first kappa shape index (κ1) is 22.0. The van der Waals surface area contributed by atoms with E-state index < -0.39 is 48.9 Å². The van der Waals surface area contributed by atoms with Crippen LogP contribution < -0.4 is 4.74 Å². The number of rotatable bonds is 5. The Bertz CT molecular complexity index is 1090. The number of fused-ring (bicyclic) bond motifs is 1. The molecule has 7 nitrogen and oxygen atoms in total. The molecule has 2 aromatic carbocycles. The third-order valence-corrected chi connectivity index (χ3v) is 6.35. The summed E-state index contributed by atoms with van der Waals surface area (Å²) in [5.41, 5.74) is 0.334. The molecule has 4 N–H and O–H groups in total. The van der Waals surface area contributed by atoms with Crippen molar-refractivity contribution >= 4 is 22.7 Å². The van der Waals surface area contributed by atoms with Crippen LogP contribution in [0.25, 0.3) is 10.9 Å². The van der Waals surface area contributed by atoms with Gasteiger partial charge in [-0.2, -0.15) is 0 Å². The van der Waals surface area contributed by atoms with Gasteiger partial charge in [0.25, 0.3) is 0 Å². The molecule has 1 saturated heterocycles. The highest BCUT2D eigenvalue weighted by atomic mass is 32.2. The second-order valence-corrected chi connectivity index (χ2v) is 8.24. The summed E-state index contributed by atoms with van der Waals surface area (Å²) in [6.45, 7) is -0.590. The molecule has 5 atom stereocenters. The normalized spacial score (nSPS) is 26.4. The lowest BCUT2D eigenvalue weighted by molar-refractivity contribution is -0.250. The van der Waals surface area contributed by atoms with E-state index in [-0.39, 0.29) is 10.3 Å². The molecule has 1 aromatic heterocycles. The summed E-state index contributed by atoms with van der Waals surface area (Å²) in [5, 5.41) is 40.3. The molecule has 10 heteroatoms. The van der Waals surface area contributed by atoms with E-state index in [1.165, 1.54) is 42.1 Å². The van der Waals surface area contributed by atoms with E-state index in [4.69, 9.17) is 9.47 Å². The van der Waals surface area contributed by atoms with Gasteiger partial charge in [-0.3, -0.25) is 0 Å². The predicted molar refractivity (Wildman–Crippen MR) is 108 cm³/mol. The molecule has 166 valence electrons. The van der Waals surface area contributed by atoms with E-state index in [9.17, 15) is 29.2 Å². The van der Waals surface area contributed by atoms with E-state index in [1.54, 1.807) is 12.1 Å². The van der Waals surface area contributed by atoms with Crippen molar-refractivity contribution in [3.8, 4) is 5.75 Å². The molecule has 0 radical (unpaired) electrons. The zero-order valence-corrected chi connectivity index (χ0v) is 17.2. The Morgan fingerprint density at radius 1 is 1.03 bits per heavy atom. The van der Waals surface area contributed by atoms with Gasteiger partial charge >= 0.3 is 0 Å². The van der Waals surface area contributed by atoms with Gasteiger partial charge in [0, 0.05) is 27.4 Å². The lowest BCUT2D eigenvalue weighted by Crippen LogP contribution is -2.56. The summed E-state index contributed by atoms with van der Waals surface area (Å²) in [6.07, 6.45) is -5.50. The molecular formula is C21H21F2NO6S. The summed E-state index contributed by atoms with van der Waals surface area (Å²) in [6, 6.07) is 8.63. The quantitative estimate of drug-likeness (QED) is 0.469. The average Bonchev–Trinajstić information content (AvgIpc) is 3.13. The van der Waals surface area contributed by atoms with Gasteiger partial charge in [0.15, 0.2) is 6.23 Å². The van der Waals surface area contributed by atoms with Gasteiger partial charge in [0.2, 0.25) is 0 Å². The maximum atomic E-state index is 14.8. The number of nitrogens with zero attached hydrogens (tertiary/aromatic N) is 1. The molecule has 1 fully saturated rings. The molecule has 0 saturated carbocycles. The van der Waals surface area contributed by atoms with Crippen LogP contribution in [0.15, 0.2) is 52.4 Å². The summed E-state index contributed by atoms with van der Waals surface area (Å²) in [4.78, 5) is 0.589. The molecule has 0 bridgehead atoms. The fourth-order valence-corrected chi connectivity index (χ4v) is 4.64. The molecule has 1 aliphatic rings. The standard InChI is InChI=1S/C21H21F2NO6S/c1-29-10-5-6-15(12(23)7-10)31-16-8-24(13-4-2-3-11(22)17(13)16)21-20(28)19(27)18(26)14(9-25)30-21/h2-8,14,18-21,25-28H,9H2,1H3/t14-,18-,19+,20-,21-/m1/s1. The van der Waals surface area contributed by atoms with Gasteiger partial charge in [0.05, 0.1) is 19.2 Å². The van der Waals surface area contributed by atoms with Crippen molar-refractivity contribution in [1.82, 2.24) is 4.57 Å². The summed E-state index contributed by atoms with van der Waals surface area (Å²) in [7, 11) is 1.42. The number of hydrogen-bond acceptors (Lipinski definition) is 7. The minimum Gasteiger partial charge on any atom is -0.497 e. The topological polar surface area (TPSA) is 104 Å². The fraction of sp³-hybridized carbons (Fsp3) is 0.333. The highest BCUT2D eigenvalue weighted by molar-refractivity contribution is 7.99. The molecular weight excluding hydrogens is 432 g/mol. The first-order valence-electron chi connectivity index (χ1n) is 9.46. The number of ether oxygens (including phenoxy) is 2. The first-order chi connectivity index (χ1) is 14.8. The maximum Gasteiger partial charge on any atom is 0.163 e. The van der Waals surface area contributed by atoms with Crippen LogP contribution in [0.4, 0.5) is 8.78 Å². The van der Waals surface area contributed by atoms with Crippen LogP contribution in [0.2, 0.25) is 0 Å². The Morgan fingerprint density at radius 2 is 1.81 bits per heavy atom. The molecule has 1 aliphatic heterocycles. The number of hydrogen-bond donors (Lipinski definition) is 4. The molecule has 31 heavy (non-hydrogen) atoms. The van der Waals surface area contributed by atoms with Crippen LogP contribution in [-0.4, -0.2) is 63.1 Å². The number of methoxy groups -OCH3 is 1. The average molecular weight is 453 g/mol. The smallest absolute Gasteiger partial charge is 0.163 e. The van der Waals surface area contributed by atoms with Crippen LogP contribution >= 0.6 is 11.8 Å². The number of aromatic nitrogens is 1. The Hall–Kier alpha value is -2.21. The van der Waals surface area contributed by atoms with Gasteiger partial charge in [0.1, 0.15) is 41.8 Å². The van der Waals surface area contributed by atoms with E-state index in [0.29, 0.717) is 16.2 Å². The summed E-state index contributed by atoms with van der Waals surface area (Å²) < 4.78 is 41.3. The predicted octanol–water partition coefficient (Wildman–Crippen LogP) is 2.05. The van der Waals surface area contributed by atoms with Crippen LogP contribution in [0, 0.1) is 11.6 Å². The second-order valence-electron chi connectivity index (χ2n) is 7.15. The van der Waals surface area contributed by atoms with Crippen LogP contribution in [0.3, 0.4) is 0 Å². The van der Waals surface area contributed by atoms with E-state index in [2.05, 4.69) is 0 Å². The second kappa shape index (κ2) is 8.73. The number of aliphatic hydroxyl groups is 4. The zero-order chi connectivity index (χ0) is 22.3. The lowest BCUT2D eigenvalue weighted by atomic mass is 9.98. The van der Waals surface area contributed by atoms with Crippen LogP contribution in [-0.2, 0) is 4.74 Å². The first-order valence-corrected chi connectivity index (χ1v) is 10.3. The fourth-order valence-electron chi connectivity index (χ4n) is 3.64. The SMILES string of the molecule is COc1ccc(Sc2cn([C@@H]3O[C@H](CO)[C@@H](O)[C@H](O)[C@H]3O)c3cccc(F)c23)c(F)c1. The molecule has 3 aromatic rings. The third kappa shape index (κ3) is 3.91. The summed E-state index contributed by atoms with van der Waals surface area (Å²) >= 11 is 0.981. The van der Waals surface area contributed by atoms with Crippen molar-refractivity contribution in [2.45, 2.75) is 40.4 Å². The number of benzene rings is 2. The van der Waals surface area contributed by atoms with E-state index >= 15 is 0 Å². The molecule has 4 rings (SSSR count). The van der Waals surface area contributed by atoms with Gasteiger partial charge in [-0.15, -0.1) is 0 Å². The summed E-state index contributed by atoms with van der Waals surface area (Å²) in [5.74, 6) is -0.761. The minimum atomic E-state index is -1.59. The van der Waals surface area contributed by atoms with E-state index in [0.717, 1.165) is 11.8 Å².